The Hall–Kier alpha value is -3.87. The molecule has 0 atom stereocenters. The molecular weight excluding hydrogens is 342 g/mol. The monoisotopic (exact) mass is 359 g/mol. The van der Waals surface area contributed by atoms with Crippen LogP contribution in [0.3, 0.4) is 0 Å². The van der Waals surface area contributed by atoms with Crippen LogP contribution < -0.4 is 15.4 Å². The molecule has 0 unspecified atom stereocenters. The molecule has 134 valence electrons. The molecule has 4 rings (SSSR count). The molecule has 2 heterocycles. The molecule has 0 bridgehead atoms. The van der Waals surface area contributed by atoms with Crippen molar-refractivity contribution in [2.75, 3.05) is 10.6 Å². The molecule has 2 aromatic carbocycles. The average Bonchev–Trinajstić information content (AvgIpc) is 3.09. The molecule has 0 saturated carbocycles. The molecule has 7 heteroatoms. The second kappa shape index (κ2) is 7.57. The first-order valence-corrected chi connectivity index (χ1v) is 8.37. The van der Waals surface area contributed by atoms with E-state index in [0.29, 0.717) is 23.2 Å². The Balaban J connectivity index is 1.53. The second-order valence-corrected chi connectivity index (χ2v) is 5.77. The fourth-order valence-corrected chi connectivity index (χ4v) is 2.46. The van der Waals surface area contributed by atoms with Crippen molar-refractivity contribution in [3.05, 3.63) is 78.8 Å². The predicted octanol–water partition coefficient (Wildman–Crippen LogP) is 5.05. The number of hydrogen-bond donors (Lipinski definition) is 2. The van der Waals surface area contributed by atoms with Gasteiger partial charge < -0.3 is 19.9 Å². The van der Waals surface area contributed by atoms with E-state index >= 15 is 0 Å². The molecule has 0 radical (unpaired) electrons. The van der Waals surface area contributed by atoms with Gasteiger partial charge in [-0.05, 0) is 31.2 Å². The van der Waals surface area contributed by atoms with Crippen LogP contribution in [0.2, 0.25) is 0 Å². The average molecular weight is 359 g/mol. The summed E-state index contributed by atoms with van der Waals surface area (Å²) < 4.78 is 11.0. The molecule has 0 aliphatic carbocycles. The number of ether oxygens (including phenoxy) is 1. The van der Waals surface area contributed by atoms with Gasteiger partial charge in [-0.15, -0.1) is 0 Å². The van der Waals surface area contributed by atoms with Crippen molar-refractivity contribution in [3.8, 4) is 11.5 Å². The van der Waals surface area contributed by atoms with Gasteiger partial charge in [-0.1, -0.05) is 35.5 Å². The van der Waals surface area contributed by atoms with Crippen molar-refractivity contribution < 1.29 is 9.26 Å². The van der Waals surface area contributed by atoms with Gasteiger partial charge in [-0.3, -0.25) is 0 Å². The summed E-state index contributed by atoms with van der Waals surface area (Å²) in [6, 6.07) is 20.9. The van der Waals surface area contributed by atoms with E-state index in [0.717, 1.165) is 17.2 Å². The fourth-order valence-electron chi connectivity index (χ4n) is 2.46. The molecule has 0 aliphatic rings. The lowest BCUT2D eigenvalue weighted by molar-refractivity contribution is 0.400. The highest BCUT2D eigenvalue weighted by Crippen LogP contribution is 2.31. The number of aromatic nitrogens is 3. The summed E-state index contributed by atoms with van der Waals surface area (Å²) in [5, 5.41) is 10.2. The Labute approximate surface area is 156 Å². The lowest BCUT2D eigenvalue weighted by Gasteiger charge is -2.13. The maximum atomic E-state index is 5.97. The van der Waals surface area contributed by atoms with Crippen LogP contribution in [0.25, 0.3) is 0 Å². The third-order valence-corrected chi connectivity index (χ3v) is 3.67. The van der Waals surface area contributed by atoms with Gasteiger partial charge >= 0.3 is 0 Å². The van der Waals surface area contributed by atoms with Gasteiger partial charge in [0.15, 0.2) is 11.6 Å². The Bertz CT molecular complexity index is 1030. The molecular formula is C20H17N5O2. The third-order valence-electron chi connectivity index (χ3n) is 3.67. The van der Waals surface area contributed by atoms with Gasteiger partial charge in [0.25, 0.3) is 0 Å². The minimum Gasteiger partial charge on any atom is -0.455 e. The summed E-state index contributed by atoms with van der Waals surface area (Å²) >= 11 is 0. The second-order valence-electron chi connectivity index (χ2n) is 5.77. The molecule has 7 nitrogen and oxygen atoms in total. The standard InChI is InChI=1S/C20H17N5O2/c1-14-11-20(25-27-14)24-19-12-18(21-13-22-19)23-16-9-5-6-10-17(16)26-15-7-3-2-4-8-15/h2-13H,1H3,(H2,21,22,23,24,25). The molecule has 0 fully saturated rings. The molecule has 0 amide bonds. The Morgan fingerprint density at radius 3 is 2.33 bits per heavy atom. The van der Waals surface area contributed by atoms with Gasteiger partial charge in [0.05, 0.1) is 5.69 Å². The third kappa shape index (κ3) is 4.21. The molecule has 2 N–H and O–H groups in total. The van der Waals surface area contributed by atoms with Crippen LogP contribution in [0, 0.1) is 6.92 Å². The largest absolute Gasteiger partial charge is 0.455 e. The zero-order chi connectivity index (χ0) is 18.5. The highest BCUT2D eigenvalue weighted by molar-refractivity contribution is 5.66. The van der Waals surface area contributed by atoms with Crippen molar-refractivity contribution in [2.45, 2.75) is 6.92 Å². The minimum absolute atomic E-state index is 0.588. The summed E-state index contributed by atoms with van der Waals surface area (Å²) in [5.41, 5.74) is 0.795. The summed E-state index contributed by atoms with van der Waals surface area (Å²) in [5.74, 6) is 3.99. The number of rotatable bonds is 6. The Morgan fingerprint density at radius 2 is 1.56 bits per heavy atom. The first-order chi connectivity index (χ1) is 13.3. The van der Waals surface area contributed by atoms with E-state index in [9.17, 15) is 0 Å². The van der Waals surface area contributed by atoms with Gasteiger partial charge in [0, 0.05) is 12.1 Å². The highest BCUT2D eigenvalue weighted by Gasteiger charge is 2.07. The van der Waals surface area contributed by atoms with Crippen molar-refractivity contribution >= 4 is 23.1 Å². The predicted molar refractivity (Wildman–Crippen MR) is 103 cm³/mol. The van der Waals surface area contributed by atoms with Crippen molar-refractivity contribution in [1.29, 1.82) is 0 Å². The summed E-state index contributed by atoms with van der Waals surface area (Å²) in [7, 11) is 0. The summed E-state index contributed by atoms with van der Waals surface area (Å²) in [6.07, 6.45) is 1.47. The van der Waals surface area contributed by atoms with Crippen LogP contribution in [0.4, 0.5) is 23.1 Å². The van der Waals surface area contributed by atoms with E-state index in [1.54, 1.807) is 12.1 Å². The number of anilines is 4. The van der Waals surface area contributed by atoms with E-state index < -0.39 is 0 Å². The van der Waals surface area contributed by atoms with Crippen molar-refractivity contribution in [2.24, 2.45) is 0 Å². The van der Waals surface area contributed by atoms with E-state index in [-0.39, 0.29) is 0 Å². The number of para-hydroxylation sites is 3. The van der Waals surface area contributed by atoms with E-state index in [2.05, 4.69) is 25.8 Å². The normalized spacial score (nSPS) is 10.4. The summed E-state index contributed by atoms with van der Waals surface area (Å²) in [6.45, 7) is 1.83. The topological polar surface area (TPSA) is 85.1 Å². The van der Waals surface area contributed by atoms with Crippen LogP contribution in [-0.4, -0.2) is 15.1 Å². The van der Waals surface area contributed by atoms with Crippen LogP contribution in [0.5, 0.6) is 11.5 Å². The first-order valence-electron chi connectivity index (χ1n) is 8.37. The van der Waals surface area contributed by atoms with Crippen molar-refractivity contribution in [3.63, 3.8) is 0 Å². The van der Waals surface area contributed by atoms with Gasteiger partial charge in [-0.2, -0.15) is 0 Å². The zero-order valence-corrected chi connectivity index (χ0v) is 14.6. The molecule has 27 heavy (non-hydrogen) atoms. The number of hydrogen-bond acceptors (Lipinski definition) is 7. The Morgan fingerprint density at radius 1 is 0.815 bits per heavy atom. The molecule has 0 saturated heterocycles. The molecule has 0 spiro atoms. The Kier molecular flexibility index (Phi) is 4.65. The highest BCUT2D eigenvalue weighted by atomic mass is 16.5. The minimum atomic E-state index is 0.588. The van der Waals surface area contributed by atoms with Crippen molar-refractivity contribution in [1.82, 2.24) is 15.1 Å². The van der Waals surface area contributed by atoms with Gasteiger partial charge in [-0.25, -0.2) is 9.97 Å². The number of nitrogens with one attached hydrogen (secondary N) is 2. The quantitative estimate of drug-likeness (QED) is 0.498. The van der Waals surface area contributed by atoms with E-state index in [1.807, 2.05) is 61.5 Å². The number of benzene rings is 2. The zero-order valence-electron chi connectivity index (χ0n) is 14.6. The molecule has 4 aromatic rings. The lowest BCUT2D eigenvalue weighted by atomic mass is 10.3. The van der Waals surface area contributed by atoms with Crippen LogP contribution in [0.15, 0.2) is 77.6 Å². The van der Waals surface area contributed by atoms with Gasteiger partial charge in [0.2, 0.25) is 0 Å². The van der Waals surface area contributed by atoms with E-state index in [4.69, 9.17) is 9.26 Å². The lowest BCUT2D eigenvalue weighted by Crippen LogP contribution is -1.99. The SMILES string of the molecule is Cc1cc(Nc2cc(Nc3ccccc3Oc3ccccc3)ncn2)no1. The van der Waals surface area contributed by atoms with Crippen LogP contribution in [0.1, 0.15) is 5.76 Å². The van der Waals surface area contributed by atoms with Gasteiger partial charge in [0.1, 0.15) is 29.5 Å². The molecule has 2 aromatic heterocycles. The fraction of sp³-hybridized carbons (Fsp3) is 0.0500. The number of aryl methyl sites for hydroxylation is 1. The summed E-state index contributed by atoms with van der Waals surface area (Å²) in [4.78, 5) is 8.47. The number of nitrogens with zero attached hydrogens (tertiary/aromatic N) is 3. The smallest absolute Gasteiger partial charge is 0.175 e. The maximum Gasteiger partial charge on any atom is 0.175 e. The van der Waals surface area contributed by atoms with Crippen LogP contribution >= 0.6 is 0 Å². The first kappa shape index (κ1) is 16.6. The van der Waals surface area contributed by atoms with E-state index in [1.165, 1.54) is 6.33 Å². The maximum absolute atomic E-state index is 5.97. The molecule has 0 aliphatic heterocycles. The van der Waals surface area contributed by atoms with Crippen LogP contribution in [-0.2, 0) is 0 Å².